The van der Waals surface area contributed by atoms with Crippen LogP contribution in [0.2, 0.25) is 0 Å². The Hall–Kier alpha value is -1.52. The van der Waals surface area contributed by atoms with E-state index in [1.165, 1.54) is 0 Å². The van der Waals surface area contributed by atoms with Crippen LogP contribution in [0.25, 0.3) is 21.5 Å². The van der Waals surface area contributed by atoms with E-state index in [-0.39, 0.29) is 47.5 Å². The van der Waals surface area contributed by atoms with Crippen molar-refractivity contribution in [3.8, 4) is 0 Å². The van der Waals surface area contributed by atoms with Crippen molar-refractivity contribution >= 4 is 79.5 Å². The number of hydrogen-bond donors (Lipinski definition) is 0. The van der Waals surface area contributed by atoms with Gasteiger partial charge >= 0.3 is 37.7 Å². The molecule has 4 aromatic carbocycles. The van der Waals surface area contributed by atoms with E-state index in [1.807, 2.05) is 50.2 Å². The molecule has 6 nitrogen and oxygen atoms in total. The maximum Gasteiger partial charge on any atom is 2.00 e. The van der Waals surface area contributed by atoms with Gasteiger partial charge in [-0.15, -0.1) is 0 Å². The number of benzene rings is 4. The molecule has 0 atom stereocenters. The van der Waals surface area contributed by atoms with E-state index in [0.29, 0.717) is 21.9 Å². The molecule has 4 rings (SSSR count). The normalized spacial score (nSPS) is 11.6. The van der Waals surface area contributed by atoms with Gasteiger partial charge in [0.2, 0.25) is 0 Å². The fourth-order valence-electron chi connectivity index (χ4n) is 3.69. The molecule has 0 aliphatic rings. The molecule has 4 aromatic rings. The van der Waals surface area contributed by atoms with Crippen LogP contribution in [0.5, 0.6) is 0 Å². The Kier molecular flexibility index (Phi) is 8.73. The first kappa shape index (κ1) is 27.7. The second-order valence-corrected chi connectivity index (χ2v) is 10.4. The molecule has 0 amide bonds. The Labute approximate surface area is 224 Å². The van der Waals surface area contributed by atoms with Gasteiger partial charge in [-0.2, -0.15) is 0 Å². The van der Waals surface area contributed by atoms with Crippen molar-refractivity contribution in [3.63, 3.8) is 0 Å². The molecule has 0 unspecified atom stereocenters. The van der Waals surface area contributed by atoms with Gasteiger partial charge in [0.05, 0.1) is 9.79 Å². The van der Waals surface area contributed by atoms with Crippen LogP contribution in [0.3, 0.4) is 0 Å². The fourth-order valence-corrected chi connectivity index (χ4v) is 5.51. The second kappa shape index (κ2) is 10.4. The molecule has 0 heterocycles. The summed E-state index contributed by atoms with van der Waals surface area (Å²) in [5, 5.41) is 2.56. The van der Waals surface area contributed by atoms with Gasteiger partial charge in [0, 0.05) is 0 Å². The van der Waals surface area contributed by atoms with Gasteiger partial charge in [-0.25, -0.2) is 16.8 Å². The van der Waals surface area contributed by atoms with Gasteiger partial charge < -0.3 is 9.11 Å². The first-order valence-electron chi connectivity index (χ1n) is 9.71. The number of aryl methyl sites for hydroxylation is 4. The molecule has 0 N–H and O–H groups in total. The van der Waals surface area contributed by atoms with Gasteiger partial charge in [0.15, 0.2) is 0 Å². The Bertz CT molecular complexity index is 1430. The molecule has 33 heavy (non-hydrogen) atoms. The van der Waals surface area contributed by atoms with Crippen LogP contribution < -0.4 is 0 Å². The van der Waals surface area contributed by atoms with Crippen LogP contribution in [-0.2, 0) is 20.2 Å². The van der Waals surface area contributed by atoms with Gasteiger partial charge in [-0.3, -0.25) is 0 Å². The largest absolute Gasteiger partial charge is 2.00 e. The van der Waals surface area contributed by atoms with E-state index in [4.69, 9.17) is 0 Å². The van der Waals surface area contributed by atoms with E-state index >= 15 is 0 Å². The summed E-state index contributed by atoms with van der Waals surface area (Å²) in [5.41, 5.74) is 2.85. The van der Waals surface area contributed by atoms with Crippen LogP contribution in [0, 0.1) is 27.7 Å². The molecule has 0 aliphatic carbocycles. The smallest absolute Gasteiger partial charge is 0.744 e. The van der Waals surface area contributed by atoms with Crippen LogP contribution >= 0.6 is 0 Å². The van der Waals surface area contributed by atoms with E-state index in [9.17, 15) is 25.9 Å². The predicted octanol–water partition coefficient (Wildman–Crippen LogP) is 4.34. The summed E-state index contributed by atoms with van der Waals surface area (Å²) < 4.78 is 67.3. The summed E-state index contributed by atoms with van der Waals surface area (Å²) in [6.45, 7) is 6.99. The maximum absolute atomic E-state index is 11.2. The molecule has 0 aromatic heterocycles. The summed E-state index contributed by atoms with van der Waals surface area (Å²) in [6.07, 6.45) is 0. The molecule has 0 radical (unpaired) electrons. The first-order valence-corrected chi connectivity index (χ1v) is 12.5. The Morgan fingerprint density at radius 3 is 1.15 bits per heavy atom. The predicted molar refractivity (Wildman–Crippen MR) is 129 cm³/mol. The summed E-state index contributed by atoms with van der Waals surface area (Å²) in [7, 11) is -8.85. The zero-order valence-electron chi connectivity index (χ0n) is 18.7. The Morgan fingerprint density at radius 2 is 0.848 bits per heavy atom. The minimum absolute atomic E-state index is 0. The number of fused-ring (bicyclic) bond motifs is 2. The minimum atomic E-state index is -4.43. The molecule has 0 spiro atoms. The van der Waals surface area contributed by atoms with Gasteiger partial charge in [-0.1, -0.05) is 71.8 Å². The van der Waals surface area contributed by atoms with E-state index in [1.54, 1.807) is 38.1 Å². The van der Waals surface area contributed by atoms with Gasteiger partial charge in [0.1, 0.15) is 20.2 Å². The average molecular weight is 511 g/mol. The standard InChI is InChI=1S/2C12H12O3S.Ca/c2*1-8-3-5-10-6-4-9(2)12(11(10)7-8)16(13,14)15;/h2*3-7H,1-2H3,(H,13,14,15);/q;;+2/p-2. The van der Waals surface area contributed by atoms with Gasteiger partial charge in [0.25, 0.3) is 0 Å². The summed E-state index contributed by atoms with van der Waals surface area (Å²) in [5.74, 6) is 0. The van der Waals surface area contributed by atoms with Crippen LogP contribution in [0.4, 0.5) is 0 Å². The monoisotopic (exact) mass is 510 g/mol. The molecule has 0 saturated carbocycles. The third kappa shape index (κ3) is 6.33. The fraction of sp³-hybridized carbons (Fsp3) is 0.167. The zero-order chi connectivity index (χ0) is 23.8. The summed E-state index contributed by atoms with van der Waals surface area (Å²) >= 11 is 0. The van der Waals surface area contributed by atoms with Crippen molar-refractivity contribution in [3.05, 3.63) is 82.9 Å². The molecule has 168 valence electrons. The quantitative estimate of drug-likeness (QED) is 0.293. The SMILES string of the molecule is Cc1ccc2ccc(C)c(S(=O)(=O)[O-])c2c1.Cc1ccc2ccc(C)c(S(=O)(=O)[O-])c2c1.[Ca+2]. The second-order valence-electron chi connectivity index (χ2n) is 7.78. The van der Waals surface area contributed by atoms with Crippen LogP contribution in [-0.4, -0.2) is 63.7 Å². The van der Waals surface area contributed by atoms with E-state index in [2.05, 4.69) is 0 Å². The molecule has 9 heteroatoms. The molecular weight excluding hydrogens is 488 g/mol. The zero-order valence-corrected chi connectivity index (χ0v) is 22.6. The van der Waals surface area contributed by atoms with E-state index < -0.39 is 20.2 Å². The third-order valence-corrected chi connectivity index (χ3v) is 7.23. The van der Waals surface area contributed by atoms with Crippen molar-refractivity contribution in [1.29, 1.82) is 0 Å². The third-order valence-electron chi connectivity index (χ3n) is 5.15. The molecule has 0 fully saturated rings. The molecule has 0 saturated heterocycles. The van der Waals surface area contributed by atoms with Gasteiger partial charge in [-0.05, 0) is 60.4 Å². The molecule has 0 bridgehead atoms. The molecular formula is C24H22CaO6S2. The van der Waals surface area contributed by atoms with Crippen molar-refractivity contribution in [2.24, 2.45) is 0 Å². The minimum Gasteiger partial charge on any atom is -0.744 e. The maximum atomic E-state index is 11.2. The van der Waals surface area contributed by atoms with E-state index in [0.717, 1.165) is 21.9 Å². The summed E-state index contributed by atoms with van der Waals surface area (Å²) in [4.78, 5) is -0.206. The van der Waals surface area contributed by atoms with Crippen molar-refractivity contribution in [2.75, 3.05) is 0 Å². The molecule has 0 aliphatic heterocycles. The first-order chi connectivity index (χ1) is 14.8. The Balaban J connectivity index is 0.000000227. The number of hydrogen-bond acceptors (Lipinski definition) is 6. The summed E-state index contributed by atoms with van der Waals surface area (Å²) in [6, 6.07) is 17.8. The van der Waals surface area contributed by atoms with Crippen LogP contribution in [0.15, 0.2) is 70.5 Å². The average Bonchev–Trinajstić information content (AvgIpc) is 2.65. The van der Waals surface area contributed by atoms with Crippen LogP contribution in [0.1, 0.15) is 22.3 Å². The van der Waals surface area contributed by atoms with Crippen molar-refractivity contribution in [2.45, 2.75) is 37.5 Å². The Morgan fingerprint density at radius 1 is 0.545 bits per heavy atom. The topological polar surface area (TPSA) is 114 Å². The van der Waals surface area contributed by atoms with Crippen molar-refractivity contribution in [1.82, 2.24) is 0 Å². The van der Waals surface area contributed by atoms with Crippen molar-refractivity contribution < 1.29 is 25.9 Å². The number of rotatable bonds is 2.